The number of carbonyl (C=O) groups excluding carboxylic acids is 1. The zero-order chi connectivity index (χ0) is 24.2. The molecular weight excluding hydrogens is 486 g/mol. The largest absolute Gasteiger partial charge is 0.325 e. The van der Waals surface area contributed by atoms with Crippen LogP contribution in [0, 0.1) is 11.8 Å². The molecule has 1 unspecified atom stereocenters. The summed E-state index contributed by atoms with van der Waals surface area (Å²) < 4.78 is 28.7. The van der Waals surface area contributed by atoms with Gasteiger partial charge in [0, 0.05) is 34.1 Å². The van der Waals surface area contributed by atoms with E-state index in [1.807, 2.05) is 6.07 Å². The second-order valence-corrected chi connectivity index (χ2v) is 11.7. The highest BCUT2D eigenvalue weighted by Gasteiger charge is 2.41. The number of hydrogen-bond acceptors (Lipinski definition) is 6. The highest BCUT2D eigenvalue weighted by molar-refractivity contribution is 7.89. The summed E-state index contributed by atoms with van der Waals surface area (Å²) >= 11 is 6.11. The third kappa shape index (κ3) is 4.39. The van der Waals surface area contributed by atoms with Crippen molar-refractivity contribution in [2.75, 3.05) is 10.6 Å². The van der Waals surface area contributed by atoms with E-state index in [0.29, 0.717) is 45.4 Å². The van der Waals surface area contributed by atoms with Crippen LogP contribution in [0.5, 0.6) is 0 Å². The van der Waals surface area contributed by atoms with Crippen molar-refractivity contribution in [3.8, 4) is 11.3 Å². The van der Waals surface area contributed by atoms with E-state index in [9.17, 15) is 13.2 Å². The molecule has 2 aliphatic carbocycles. The van der Waals surface area contributed by atoms with Crippen LogP contribution < -0.4 is 15.4 Å². The molecule has 10 heteroatoms. The average molecular weight is 510 g/mol. The fraction of sp³-hybridized carbons (Fsp3) is 0.320. The van der Waals surface area contributed by atoms with E-state index in [-0.39, 0.29) is 23.3 Å². The number of hydrogen-bond donors (Lipinski definition) is 3. The van der Waals surface area contributed by atoms with Gasteiger partial charge < -0.3 is 10.6 Å². The van der Waals surface area contributed by atoms with Crippen molar-refractivity contribution in [1.82, 2.24) is 14.7 Å². The summed E-state index contributed by atoms with van der Waals surface area (Å²) in [5.74, 6) is 1.31. The maximum absolute atomic E-state index is 12.9. The van der Waals surface area contributed by atoms with Crippen molar-refractivity contribution in [2.24, 2.45) is 11.8 Å². The van der Waals surface area contributed by atoms with E-state index >= 15 is 0 Å². The minimum atomic E-state index is -3.57. The van der Waals surface area contributed by atoms with E-state index in [0.717, 1.165) is 24.8 Å². The second kappa shape index (κ2) is 8.58. The minimum Gasteiger partial charge on any atom is -0.325 e. The van der Waals surface area contributed by atoms with Crippen molar-refractivity contribution in [3.05, 3.63) is 59.2 Å². The van der Waals surface area contributed by atoms with Gasteiger partial charge in [-0.2, -0.15) is 0 Å². The van der Waals surface area contributed by atoms with Crippen LogP contribution in [0.4, 0.5) is 17.3 Å². The van der Waals surface area contributed by atoms with Crippen LogP contribution in [0.3, 0.4) is 0 Å². The number of anilines is 3. The number of benzene rings is 2. The van der Waals surface area contributed by atoms with Gasteiger partial charge in [-0.05, 0) is 73.6 Å². The van der Waals surface area contributed by atoms with Crippen LogP contribution in [0.2, 0.25) is 5.02 Å². The first-order valence-electron chi connectivity index (χ1n) is 11.7. The number of nitrogens with zero attached hydrogens (tertiary/aromatic N) is 2. The molecule has 0 saturated heterocycles. The molecule has 3 N–H and O–H groups in total. The van der Waals surface area contributed by atoms with E-state index in [2.05, 4.69) is 25.3 Å². The van der Waals surface area contributed by atoms with Gasteiger partial charge in [-0.15, -0.1) is 0 Å². The summed E-state index contributed by atoms with van der Waals surface area (Å²) in [6, 6.07) is 11.9. The van der Waals surface area contributed by atoms with Crippen molar-refractivity contribution in [2.45, 2.75) is 43.0 Å². The van der Waals surface area contributed by atoms with Gasteiger partial charge in [0.2, 0.25) is 21.9 Å². The van der Waals surface area contributed by atoms with Gasteiger partial charge in [0.15, 0.2) is 0 Å². The number of carbonyl (C=O) groups is 1. The Hall–Kier alpha value is -3.01. The molecule has 0 radical (unpaired) electrons. The number of fused-ring (bicyclic) bond motifs is 5. The molecule has 35 heavy (non-hydrogen) atoms. The molecular formula is C25H24ClN5O3S. The summed E-state index contributed by atoms with van der Waals surface area (Å²) in [6.07, 6.45) is 6.20. The maximum Gasteiger partial charge on any atom is 0.240 e. The van der Waals surface area contributed by atoms with Gasteiger partial charge in [0.05, 0.1) is 22.7 Å². The molecule has 1 aliphatic heterocycles. The topological polar surface area (TPSA) is 113 Å². The van der Waals surface area contributed by atoms with Crippen LogP contribution in [-0.4, -0.2) is 30.3 Å². The number of amides is 1. The number of nitrogens with one attached hydrogen (secondary N) is 3. The summed E-state index contributed by atoms with van der Waals surface area (Å²) in [4.78, 5) is 21.5. The van der Waals surface area contributed by atoms with Crippen LogP contribution in [-0.2, 0) is 21.2 Å². The Morgan fingerprint density at radius 2 is 1.89 bits per heavy atom. The number of sulfonamides is 1. The Kier molecular flexibility index (Phi) is 5.51. The van der Waals surface area contributed by atoms with Gasteiger partial charge in [-0.3, -0.25) is 4.79 Å². The fourth-order valence-corrected chi connectivity index (χ4v) is 7.02. The zero-order valence-corrected chi connectivity index (χ0v) is 20.4. The maximum atomic E-state index is 12.9. The summed E-state index contributed by atoms with van der Waals surface area (Å²) in [7, 11) is -3.57. The molecule has 2 bridgehead atoms. The molecule has 0 spiro atoms. The standard InChI is InChI=1S/C25H24ClN5O3S/c26-17-3-8-20-22(12-17)29-23(32)11-16-13-27-25(30-24(16)20)28-18-4-6-19(7-5-18)35(33,34)31-21-10-14-1-2-15(21)9-14/h3-8,12-15,21,31H,1-2,9-11H2,(H,29,32)(H,27,28,30)/t14?,15-,21-/m1/s1. The van der Waals surface area contributed by atoms with Gasteiger partial charge in [-0.1, -0.05) is 18.0 Å². The molecule has 8 nitrogen and oxygen atoms in total. The molecule has 1 aromatic heterocycles. The molecule has 2 fully saturated rings. The van der Waals surface area contributed by atoms with Gasteiger partial charge in [0.25, 0.3) is 0 Å². The Bertz CT molecular complexity index is 1430. The number of aromatic nitrogens is 2. The Morgan fingerprint density at radius 1 is 1.06 bits per heavy atom. The predicted octanol–water partition coefficient (Wildman–Crippen LogP) is 4.50. The van der Waals surface area contributed by atoms with E-state index in [1.165, 1.54) is 6.42 Å². The number of rotatable bonds is 5. The normalized spacial score (nSPS) is 22.8. The van der Waals surface area contributed by atoms with Crippen LogP contribution in [0.25, 0.3) is 11.3 Å². The van der Waals surface area contributed by atoms with E-state index in [1.54, 1.807) is 42.6 Å². The van der Waals surface area contributed by atoms with Crippen molar-refractivity contribution >= 4 is 44.9 Å². The Labute approximate surface area is 208 Å². The van der Waals surface area contributed by atoms with Gasteiger partial charge in [-0.25, -0.2) is 23.1 Å². The molecule has 3 aromatic rings. The van der Waals surface area contributed by atoms with Crippen molar-refractivity contribution < 1.29 is 13.2 Å². The highest BCUT2D eigenvalue weighted by atomic mass is 35.5. The first-order valence-corrected chi connectivity index (χ1v) is 13.6. The zero-order valence-electron chi connectivity index (χ0n) is 18.8. The molecule has 2 aromatic carbocycles. The lowest BCUT2D eigenvalue weighted by atomic mass is 9.96. The SMILES string of the molecule is O=C1Cc2cnc(Nc3ccc(S(=O)(=O)N[C@@H]4CC5CC[C@@H]4C5)cc3)nc2-c2ccc(Cl)cc2N1. The van der Waals surface area contributed by atoms with E-state index in [4.69, 9.17) is 11.6 Å². The molecule has 2 saturated carbocycles. The third-order valence-electron chi connectivity index (χ3n) is 7.19. The van der Waals surface area contributed by atoms with Gasteiger partial charge in [0.1, 0.15) is 0 Å². The molecule has 1 amide bonds. The quantitative estimate of drug-likeness (QED) is 0.466. The monoisotopic (exact) mass is 509 g/mol. The molecule has 2 heterocycles. The second-order valence-electron chi connectivity index (χ2n) is 9.53. The van der Waals surface area contributed by atoms with Crippen LogP contribution >= 0.6 is 11.6 Å². The first-order chi connectivity index (χ1) is 16.8. The lowest BCUT2D eigenvalue weighted by molar-refractivity contribution is -0.115. The minimum absolute atomic E-state index is 0.0451. The fourth-order valence-electron chi connectivity index (χ4n) is 5.53. The highest BCUT2D eigenvalue weighted by Crippen LogP contribution is 2.45. The molecule has 6 rings (SSSR count). The average Bonchev–Trinajstić information content (AvgIpc) is 3.40. The summed E-state index contributed by atoms with van der Waals surface area (Å²) in [5, 5.41) is 6.51. The molecule has 3 aliphatic rings. The van der Waals surface area contributed by atoms with Crippen molar-refractivity contribution in [3.63, 3.8) is 0 Å². The smallest absolute Gasteiger partial charge is 0.240 e. The van der Waals surface area contributed by atoms with Gasteiger partial charge >= 0.3 is 0 Å². The first kappa shape index (κ1) is 22.5. The predicted molar refractivity (Wildman–Crippen MR) is 134 cm³/mol. The summed E-state index contributed by atoms with van der Waals surface area (Å²) in [6.45, 7) is 0. The van der Waals surface area contributed by atoms with Crippen LogP contribution in [0.1, 0.15) is 31.2 Å². The lowest BCUT2D eigenvalue weighted by Gasteiger charge is -2.22. The Morgan fingerprint density at radius 3 is 2.63 bits per heavy atom. The molecule has 3 atom stereocenters. The van der Waals surface area contributed by atoms with E-state index < -0.39 is 10.0 Å². The Balaban J connectivity index is 1.22. The summed E-state index contributed by atoms with van der Waals surface area (Å²) in [5.41, 5.74) is 3.37. The third-order valence-corrected chi connectivity index (χ3v) is 8.93. The molecule has 180 valence electrons. The van der Waals surface area contributed by atoms with Crippen LogP contribution in [0.15, 0.2) is 53.6 Å². The lowest BCUT2D eigenvalue weighted by Crippen LogP contribution is -2.38. The van der Waals surface area contributed by atoms with Crippen molar-refractivity contribution in [1.29, 1.82) is 0 Å². The number of halogens is 1.